The number of imide groups is 1. The first kappa shape index (κ1) is 17.8. The highest BCUT2D eigenvalue weighted by Crippen LogP contribution is 2.38. The lowest BCUT2D eigenvalue weighted by Gasteiger charge is -2.30. The number of hydrogen-bond acceptors (Lipinski definition) is 6. The van der Waals surface area contributed by atoms with E-state index in [1.165, 1.54) is 12.0 Å². The molecule has 1 fully saturated rings. The molecule has 142 valence electrons. The van der Waals surface area contributed by atoms with Gasteiger partial charge in [-0.1, -0.05) is 12.1 Å². The zero-order chi connectivity index (χ0) is 19.0. The molecule has 2 amide bonds. The molecule has 0 atom stereocenters. The van der Waals surface area contributed by atoms with Crippen LogP contribution in [0.1, 0.15) is 27.1 Å². The summed E-state index contributed by atoms with van der Waals surface area (Å²) in [6, 6.07) is 7.00. The third-order valence-corrected chi connectivity index (χ3v) is 5.30. The van der Waals surface area contributed by atoms with E-state index in [-0.39, 0.29) is 11.8 Å². The predicted octanol–water partition coefficient (Wildman–Crippen LogP) is 1.75. The van der Waals surface area contributed by atoms with Gasteiger partial charge in [0.05, 0.1) is 31.6 Å². The molecule has 2 aromatic carbocycles. The summed E-state index contributed by atoms with van der Waals surface area (Å²) in [5.74, 6) is -0.0979. The van der Waals surface area contributed by atoms with Gasteiger partial charge >= 0.3 is 0 Å². The molecule has 2 aliphatic rings. The molecular weight excluding hydrogens is 346 g/mol. The molecule has 0 unspecified atom stereocenters. The van der Waals surface area contributed by atoms with Gasteiger partial charge in [-0.05, 0) is 18.6 Å². The van der Waals surface area contributed by atoms with Crippen LogP contribution < -0.4 is 10.5 Å². The van der Waals surface area contributed by atoms with Crippen LogP contribution in [0.4, 0.5) is 5.69 Å². The standard InChI is InChI=1S/C20H23N3O4/c1-26-16-12-15-17-13(18(16)21)4-2-5-14(17)19(24)23(20(15)25)7-3-6-22-8-10-27-11-9-22/h2,4-5,12H,3,6-11,21H2,1H3. The Morgan fingerprint density at radius 1 is 1.11 bits per heavy atom. The Morgan fingerprint density at radius 2 is 1.85 bits per heavy atom. The van der Waals surface area contributed by atoms with Crippen molar-refractivity contribution in [2.75, 3.05) is 52.2 Å². The average molecular weight is 369 g/mol. The molecule has 4 rings (SSSR count). The molecule has 0 saturated carbocycles. The summed E-state index contributed by atoms with van der Waals surface area (Å²) in [6.45, 7) is 4.47. The minimum Gasteiger partial charge on any atom is -0.495 e. The maximum atomic E-state index is 13.1. The number of rotatable bonds is 5. The largest absolute Gasteiger partial charge is 0.495 e. The van der Waals surface area contributed by atoms with Crippen molar-refractivity contribution < 1.29 is 19.1 Å². The number of methoxy groups -OCH3 is 1. The van der Waals surface area contributed by atoms with Crippen molar-refractivity contribution in [3.63, 3.8) is 0 Å². The highest BCUT2D eigenvalue weighted by molar-refractivity contribution is 6.27. The van der Waals surface area contributed by atoms with Gasteiger partial charge in [-0.15, -0.1) is 0 Å². The maximum Gasteiger partial charge on any atom is 0.261 e. The van der Waals surface area contributed by atoms with Crippen molar-refractivity contribution in [1.82, 2.24) is 9.80 Å². The highest BCUT2D eigenvalue weighted by atomic mass is 16.5. The molecule has 27 heavy (non-hydrogen) atoms. The van der Waals surface area contributed by atoms with Crippen molar-refractivity contribution in [1.29, 1.82) is 0 Å². The van der Waals surface area contributed by atoms with E-state index in [9.17, 15) is 9.59 Å². The lowest BCUT2D eigenvalue weighted by Crippen LogP contribution is -2.43. The number of carbonyl (C=O) groups is 2. The fraction of sp³-hybridized carbons (Fsp3) is 0.400. The van der Waals surface area contributed by atoms with Crippen LogP contribution in [0.2, 0.25) is 0 Å². The summed E-state index contributed by atoms with van der Waals surface area (Å²) in [4.78, 5) is 29.6. The lowest BCUT2D eigenvalue weighted by atomic mass is 9.92. The van der Waals surface area contributed by atoms with Gasteiger partial charge in [0.25, 0.3) is 11.8 Å². The summed E-state index contributed by atoms with van der Waals surface area (Å²) in [6.07, 6.45) is 0.731. The molecular formula is C20H23N3O4. The van der Waals surface area contributed by atoms with Gasteiger partial charge in [0.15, 0.2) is 0 Å². The summed E-state index contributed by atoms with van der Waals surface area (Å²) in [5.41, 5.74) is 7.59. The molecule has 0 radical (unpaired) electrons. The van der Waals surface area contributed by atoms with Gasteiger partial charge in [0.2, 0.25) is 0 Å². The van der Waals surface area contributed by atoms with Crippen molar-refractivity contribution >= 4 is 28.3 Å². The number of hydrogen-bond donors (Lipinski definition) is 1. The van der Waals surface area contributed by atoms with Crippen LogP contribution in [-0.4, -0.2) is 68.1 Å². The maximum absolute atomic E-state index is 13.1. The fourth-order valence-electron chi connectivity index (χ4n) is 3.86. The first-order valence-electron chi connectivity index (χ1n) is 9.17. The summed E-state index contributed by atoms with van der Waals surface area (Å²) < 4.78 is 10.7. The second-order valence-corrected chi connectivity index (χ2v) is 6.84. The number of nitrogens with two attached hydrogens (primary N) is 1. The fourth-order valence-corrected chi connectivity index (χ4v) is 3.86. The van der Waals surface area contributed by atoms with E-state index in [1.807, 2.05) is 6.07 Å². The van der Waals surface area contributed by atoms with Gasteiger partial charge in [0.1, 0.15) is 5.75 Å². The first-order valence-corrected chi connectivity index (χ1v) is 9.17. The number of ether oxygens (including phenoxy) is 2. The molecule has 0 aromatic heterocycles. The third kappa shape index (κ3) is 3.02. The molecule has 2 heterocycles. The SMILES string of the molecule is COc1cc2c3c(cccc3c1N)C(=O)N(CCCN1CCOCC1)C2=O. The molecule has 2 N–H and O–H groups in total. The van der Waals surface area contributed by atoms with E-state index >= 15 is 0 Å². The van der Waals surface area contributed by atoms with Crippen LogP contribution in [0, 0.1) is 0 Å². The molecule has 0 spiro atoms. The van der Waals surface area contributed by atoms with Crippen molar-refractivity contribution in [3.05, 3.63) is 35.4 Å². The topological polar surface area (TPSA) is 85.1 Å². The van der Waals surface area contributed by atoms with Gasteiger partial charge in [0, 0.05) is 42.5 Å². The highest BCUT2D eigenvalue weighted by Gasteiger charge is 2.34. The Kier molecular flexibility index (Phi) is 4.72. The van der Waals surface area contributed by atoms with Crippen LogP contribution in [-0.2, 0) is 4.74 Å². The zero-order valence-electron chi connectivity index (χ0n) is 15.4. The first-order chi connectivity index (χ1) is 13.1. The molecule has 1 saturated heterocycles. The average Bonchev–Trinajstić information content (AvgIpc) is 2.70. The van der Waals surface area contributed by atoms with Crippen LogP contribution in [0.5, 0.6) is 5.75 Å². The molecule has 2 aliphatic heterocycles. The van der Waals surface area contributed by atoms with Crippen LogP contribution >= 0.6 is 0 Å². The second kappa shape index (κ2) is 7.17. The molecule has 0 bridgehead atoms. The van der Waals surface area contributed by atoms with Gasteiger partial charge in [-0.2, -0.15) is 0 Å². The van der Waals surface area contributed by atoms with Crippen LogP contribution in [0.15, 0.2) is 24.3 Å². The molecule has 2 aromatic rings. The van der Waals surface area contributed by atoms with E-state index < -0.39 is 0 Å². The number of nitrogens with zero attached hydrogens (tertiary/aromatic N) is 2. The number of morpholine rings is 1. The lowest BCUT2D eigenvalue weighted by molar-refractivity contribution is 0.0352. The van der Waals surface area contributed by atoms with Crippen LogP contribution in [0.3, 0.4) is 0 Å². The van der Waals surface area contributed by atoms with E-state index in [1.54, 1.807) is 18.2 Å². The third-order valence-electron chi connectivity index (χ3n) is 5.30. The Balaban J connectivity index is 1.62. The number of benzene rings is 2. The van der Waals surface area contributed by atoms with E-state index in [0.29, 0.717) is 39.9 Å². The summed E-state index contributed by atoms with van der Waals surface area (Å²) >= 11 is 0. The van der Waals surface area contributed by atoms with Crippen molar-refractivity contribution in [2.45, 2.75) is 6.42 Å². The minimum absolute atomic E-state index is 0.260. The number of anilines is 1. The minimum atomic E-state index is -0.288. The Hall–Kier alpha value is -2.64. The zero-order valence-corrected chi connectivity index (χ0v) is 15.4. The summed E-state index contributed by atoms with van der Waals surface area (Å²) in [5, 5.41) is 1.30. The van der Waals surface area contributed by atoms with Crippen molar-refractivity contribution in [3.8, 4) is 5.75 Å². The normalized spacial score (nSPS) is 17.6. The van der Waals surface area contributed by atoms with Gasteiger partial charge < -0.3 is 15.2 Å². The molecule has 7 heteroatoms. The Labute approximate surface area is 157 Å². The van der Waals surface area contributed by atoms with E-state index in [4.69, 9.17) is 15.2 Å². The summed E-state index contributed by atoms with van der Waals surface area (Å²) in [7, 11) is 1.52. The Morgan fingerprint density at radius 3 is 2.59 bits per heavy atom. The van der Waals surface area contributed by atoms with Crippen molar-refractivity contribution in [2.24, 2.45) is 0 Å². The molecule has 7 nitrogen and oxygen atoms in total. The van der Waals surface area contributed by atoms with Gasteiger partial charge in [-0.3, -0.25) is 19.4 Å². The molecule has 0 aliphatic carbocycles. The van der Waals surface area contributed by atoms with Gasteiger partial charge in [-0.25, -0.2) is 0 Å². The number of amides is 2. The van der Waals surface area contributed by atoms with E-state index in [2.05, 4.69) is 4.90 Å². The number of nitrogen functional groups attached to an aromatic ring is 1. The van der Waals surface area contributed by atoms with Crippen LogP contribution in [0.25, 0.3) is 10.8 Å². The van der Waals surface area contributed by atoms with E-state index in [0.717, 1.165) is 39.3 Å². The Bertz CT molecular complexity index is 906. The predicted molar refractivity (Wildman–Crippen MR) is 102 cm³/mol. The second-order valence-electron chi connectivity index (χ2n) is 6.84. The number of carbonyl (C=O) groups excluding carboxylic acids is 2. The quantitative estimate of drug-likeness (QED) is 0.638. The monoisotopic (exact) mass is 369 g/mol. The smallest absolute Gasteiger partial charge is 0.261 e.